The first-order valence-corrected chi connectivity index (χ1v) is 10.3. The molecule has 148 valence electrons. The fourth-order valence-corrected chi connectivity index (χ4v) is 4.41. The van der Waals surface area contributed by atoms with Crippen molar-refractivity contribution in [2.24, 2.45) is 0 Å². The van der Waals surface area contributed by atoms with Gasteiger partial charge in [0.25, 0.3) is 0 Å². The minimum absolute atomic E-state index is 0.141. The zero-order chi connectivity index (χ0) is 20.2. The lowest BCUT2D eigenvalue weighted by Gasteiger charge is -2.21. The Balaban J connectivity index is 2.03. The first-order chi connectivity index (χ1) is 12.5. The lowest BCUT2D eigenvalue weighted by atomic mass is 10.1. The largest absolute Gasteiger partial charge is 0.361 e. The zero-order valence-electron chi connectivity index (χ0n) is 16.4. The smallest absolute Gasteiger partial charge is 0.241 e. The number of aryl methyl sites for hydroxylation is 2. The summed E-state index contributed by atoms with van der Waals surface area (Å²) < 4.78 is 33.0. The Morgan fingerprint density at radius 2 is 1.85 bits per heavy atom. The number of carbonyl (C=O) groups excluding carboxylic acids is 1. The van der Waals surface area contributed by atoms with Gasteiger partial charge < -0.3 is 9.84 Å². The van der Waals surface area contributed by atoms with Gasteiger partial charge in [-0.15, -0.1) is 0 Å². The molecule has 1 aromatic carbocycles. The Morgan fingerprint density at radius 1 is 1.19 bits per heavy atom. The summed E-state index contributed by atoms with van der Waals surface area (Å²) in [5, 5.41) is 6.67. The van der Waals surface area contributed by atoms with Crippen LogP contribution in [0.1, 0.15) is 49.8 Å². The van der Waals surface area contributed by atoms with E-state index < -0.39 is 15.6 Å². The van der Waals surface area contributed by atoms with E-state index in [1.807, 2.05) is 13.8 Å². The van der Waals surface area contributed by atoms with Gasteiger partial charge in [-0.3, -0.25) is 4.79 Å². The molecule has 0 unspecified atom stereocenters. The van der Waals surface area contributed by atoms with Gasteiger partial charge in [-0.2, -0.15) is 0 Å². The van der Waals surface area contributed by atoms with Crippen LogP contribution in [-0.2, 0) is 27.8 Å². The van der Waals surface area contributed by atoms with Crippen LogP contribution in [0.25, 0.3) is 0 Å². The second-order valence-corrected chi connectivity index (χ2v) is 9.19. The van der Waals surface area contributed by atoms with Crippen molar-refractivity contribution >= 4 is 15.9 Å². The summed E-state index contributed by atoms with van der Waals surface area (Å²) in [4.78, 5) is 12.4. The summed E-state index contributed by atoms with van der Waals surface area (Å²) in [5.41, 5.74) is 1.66. The summed E-state index contributed by atoms with van der Waals surface area (Å²) >= 11 is 0. The molecule has 2 rings (SSSR count). The highest BCUT2D eigenvalue weighted by molar-refractivity contribution is 7.89. The molecule has 0 radical (unpaired) electrons. The number of aromatic nitrogens is 1. The molecule has 0 saturated carbocycles. The normalized spacial score (nSPS) is 12.2. The number of nitrogens with zero attached hydrogens (tertiary/aromatic N) is 1. The summed E-state index contributed by atoms with van der Waals surface area (Å²) in [6.45, 7) is 9.14. The number of amides is 1. The number of nitrogens with one attached hydrogen (secondary N) is 2. The molecule has 0 fully saturated rings. The van der Waals surface area contributed by atoms with E-state index in [0.29, 0.717) is 17.7 Å². The van der Waals surface area contributed by atoms with Crippen LogP contribution in [0.15, 0.2) is 33.7 Å². The standard InChI is InChI=1S/C19H27N3O4S/c1-13-16(14(2)26-21-13)10-11-18(23)20-12-15-8-6-7-9-17(15)27(24,25)22-19(3,4)5/h6-9,22H,10-12H2,1-5H3,(H,20,23). The quantitative estimate of drug-likeness (QED) is 0.753. The van der Waals surface area contributed by atoms with Gasteiger partial charge in [0.2, 0.25) is 15.9 Å². The predicted molar refractivity (Wildman–Crippen MR) is 103 cm³/mol. The lowest BCUT2D eigenvalue weighted by Crippen LogP contribution is -2.41. The first kappa shape index (κ1) is 21.1. The second-order valence-electron chi connectivity index (χ2n) is 7.54. The molecule has 0 saturated heterocycles. The van der Waals surface area contributed by atoms with Gasteiger partial charge in [0.15, 0.2) is 0 Å². The molecule has 0 aliphatic carbocycles. The molecule has 0 spiro atoms. The molecule has 0 bridgehead atoms. The zero-order valence-corrected chi connectivity index (χ0v) is 17.2. The summed E-state index contributed by atoms with van der Waals surface area (Å²) in [5.74, 6) is 0.552. The van der Waals surface area contributed by atoms with E-state index in [2.05, 4.69) is 15.2 Å². The van der Waals surface area contributed by atoms with E-state index in [4.69, 9.17) is 4.52 Å². The van der Waals surface area contributed by atoms with Crippen molar-refractivity contribution < 1.29 is 17.7 Å². The van der Waals surface area contributed by atoms with E-state index in [0.717, 1.165) is 11.3 Å². The first-order valence-electron chi connectivity index (χ1n) is 8.80. The number of sulfonamides is 1. The maximum Gasteiger partial charge on any atom is 0.241 e. The van der Waals surface area contributed by atoms with Crippen LogP contribution >= 0.6 is 0 Å². The van der Waals surface area contributed by atoms with Crippen LogP contribution in [-0.4, -0.2) is 25.0 Å². The topological polar surface area (TPSA) is 101 Å². The molecule has 27 heavy (non-hydrogen) atoms. The van der Waals surface area contributed by atoms with Crippen LogP contribution in [0.4, 0.5) is 0 Å². The molecular weight excluding hydrogens is 366 g/mol. The van der Waals surface area contributed by atoms with Crippen LogP contribution in [0.5, 0.6) is 0 Å². The minimum atomic E-state index is -3.68. The van der Waals surface area contributed by atoms with Gasteiger partial charge >= 0.3 is 0 Å². The Morgan fingerprint density at radius 3 is 2.44 bits per heavy atom. The number of carbonyl (C=O) groups is 1. The molecule has 0 aliphatic heterocycles. The van der Waals surface area contributed by atoms with Crippen LogP contribution < -0.4 is 10.0 Å². The molecule has 0 atom stereocenters. The maximum absolute atomic E-state index is 12.6. The van der Waals surface area contributed by atoms with E-state index >= 15 is 0 Å². The third kappa shape index (κ3) is 5.90. The van der Waals surface area contributed by atoms with Crippen LogP contribution in [0.2, 0.25) is 0 Å². The molecule has 2 N–H and O–H groups in total. The molecule has 8 heteroatoms. The van der Waals surface area contributed by atoms with Gasteiger partial charge in [0.1, 0.15) is 5.76 Å². The maximum atomic E-state index is 12.6. The Labute approximate surface area is 160 Å². The van der Waals surface area contributed by atoms with Crippen molar-refractivity contribution in [1.29, 1.82) is 0 Å². The molecule has 7 nitrogen and oxygen atoms in total. The van der Waals surface area contributed by atoms with Gasteiger partial charge in [0.05, 0.1) is 10.6 Å². The molecule has 1 heterocycles. The monoisotopic (exact) mass is 393 g/mol. The highest BCUT2D eigenvalue weighted by Crippen LogP contribution is 2.18. The summed E-state index contributed by atoms with van der Waals surface area (Å²) in [6.07, 6.45) is 0.802. The van der Waals surface area contributed by atoms with Crippen molar-refractivity contribution in [2.75, 3.05) is 0 Å². The van der Waals surface area contributed by atoms with Crippen molar-refractivity contribution in [1.82, 2.24) is 15.2 Å². The predicted octanol–water partition coefficient (Wildman–Crippen LogP) is 2.62. The van der Waals surface area contributed by atoms with Crippen LogP contribution in [0, 0.1) is 13.8 Å². The van der Waals surface area contributed by atoms with Crippen molar-refractivity contribution in [3.05, 3.63) is 46.8 Å². The average molecular weight is 394 g/mol. The van der Waals surface area contributed by atoms with Gasteiger partial charge in [-0.1, -0.05) is 23.4 Å². The Bertz CT molecular complexity index is 892. The number of rotatable bonds is 7. The fraction of sp³-hybridized carbons (Fsp3) is 0.474. The Hall–Kier alpha value is -2.19. The van der Waals surface area contributed by atoms with Gasteiger partial charge in [-0.25, -0.2) is 13.1 Å². The van der Waals surface area contributed by atoms with Crippen molar-refractivity contribution in [2.45, 2.75) is 64.4 Å². The van der Waals surface area contributed by atoms with Gasteiger partial charge in [-0.05, 0) is 52.7 Å². The van der Waals surface area contributed by atoms with Crippen molar-refractivity contribution in [3.8, 4) is 0 Å². The fourth-order valence-electron chi connectivity index (χ4n) is 2.75. The van der Waals surface area contributed by atoms with E-state index in [-0.39, 0.29) is 23.8 Å². The second kappa shape index (κ2) is 8.22. The summed E-state index contributed by atoms with van der Waals surface area (Å²) in [7, 11) is -3.68. The molecule has 1 amide bonds. The molecular formula is C19H27N3O4S. The molecule has 2 aromatic rings. The highest BCUT2D eigenvalue weighted by Gasteiger charge is 2.24. The highest BCUT2D eigenvalue weighted by atomic mass is 32.2. The molecule has 0 aliphatic rings. The third-order valence-electron chi connectivity index (χ3n) is 3.96. The van der Waals surface area contributed by atoms with Gasteiger partial charge in [0, 0.05) is 24.1 Å². The van der Waals surface area contributed by atoms with E-state index in [1.165, 1.54) is 0 Å². The molecule has 1 aromatic heterocycles. The minimum Gasteiger partial charge on any atom is -0.361 e. The van der Waals surface area contributed by atoms with E-state index in [9.17, 15) is 13.2 Å². The van der Waals surface area contributed by atoms with Crippen molar-refractivity contribution in [3.63, 3.8) is 0 Å². The SMILES string of the molecule is Cc1noc(C)c1CCC(=O)NCc1ccccc1S(=O)(=O)NC(C)(C)C. The summed E-state index contributed by atoms with van der Waals surface area (Å²) in [6, 6.07) is 6.66. The number of hydrogen-bond acceptors (Lipinski definition) is 5. The Kier molecular flexibility index (Phi) is 6.43. The third-order valence-corrected chi connectivity index (χ3v) is 5.82. The number of benzene rings is 1. The van der Waals surface area contributed by atoms with Crippen LogP contribution in [0.3, 0.4) is 0 Å². The average Bonchev–Trinajstić information content (AvgIpc) is 2.87. The van der Waals surface area contributed by atoms with E-state index in [1.54, 1.807) is 45.0 Å². The lowest BCUT2D eigenvalue weighted by molar-refractivity contribution is -0.121. The number of hydrogen-bond donors (Lipinski definition) is 2.